The summed E-state index contributed by atoms with van der Waals surface area (Å²) >= 11 is 0. The maximum Gasteiger partial charge on any atom is 0.223 e. The highest BCUT2D eigenvalue weighted by Crippen LogP contribution is 2.43. The fourth-order valence-electron chi connectivity index (χ4n) is 6.09. The molecule has 2 bridgehead atoms. The average Bonchev–Trinajstić information content (AvgIpc) is 2.78. The Hall–Kier alpha value is -2.40. The Morgan fingerprint density at radius 2 is 1.93 bits per heavy atom. The number of aromatic nitrogens is 1. The predicted octanol–water partition coefficient (Wildman–Crippen LogP) is 3.53. The number of methoxy groups -OCH3 is 1. The normalized spacial score (nSPS) is 28.8. The number of carbonyl (C=O) groups is 1. The molecular weight excluding hydrogens is 374 g/mol. The van der Waals surface area contributed by atoms with Crippen molar-refractivity contribution in [1.29, 1.82) is 0 Å². The zero-order chi connectivity index (χ0) is 20.5. The summed E-state index contributed by atoms with van der Waals surface area (Å²) in [4.78, 5) is 22.3. The third-order valence-corrected chi connectivity index (χ3v) is 7.30. The zero-order valence-electron chi connectivity index (χ0n) is 17.7. The third-order valence-electron chi connectivity index (χ3n) is 7.30. The fraction of sp³-hybridized carbons (Fsp3) is 0.520. The lowest BCUT2D eigenvalue weighted by Crippen LogP contribution is -2.65. The monoisotopic (exact) mass is 405 g/mol. The number of benzene rings is 1. The van der Waals surface area contributed by atoms with Crippen molar-refractivity contribution in [3.05, 3.63) is 59.8 Å². The number of carbonyl (C=O) groups excluding carboxylic acids is 1. The van der Waals surface area contributed by atoms with Crippen molar-refractivity contribution in [3.8, 4) is 5.88 Å². The molecule has 0 N–H and O–H groups in total. The molecular formula is C25H31N3O2. The second-order valence-electron chi connectivity index (χ2n) is 9.14. The summed E-state index contributed by atoms with van der Waals surface area (Å²) in [6.07, 6.45) is 6.90. The van der Waals surface area contributed by atoms with Gasteiger partial charge in [0, 0.05) is 49.9 Å². The molecule has 3 aliphatic heterocycles. The van der Waals surface area contributed by atoms with Gasteiger partial charge < -0.3 is 9.64 Å². The number of hydrogen-bond donors (Lipinski definition) is 0. The van der Waals surface area contributed by atoms with Gasteiger partial charge in [0.1, 0.15) is 0 Å². The molecule has 0 aliphatic carbocycles. The molecule has 5 nitrogen and oxygen atoms in total. The Bertz CT molecular complexity index is 887. The second kappa shape index (κ2) is 8.38. The zero-order valence-corrected chi connectivity index (χ0v) is 17.7. The van der Waals surface area contributed by atoms with Gasteiger partial charge in [0.05, 0.1) is 7.11 Å². The van der Waals surface area contributed by atoms with Gasteiger partial charge >= 0.3 is 0 Å². The van der Waals surface area contributed by atoms with E-state index >= 15 is 0 Å². The molecule has 1 amide bonds. The van der Waals surface area contributed by atoms with E-state index < -0.39 is 0 Å². The van der Waals surface area contributed by atoms with Crippen molar-refractivity contribution in [2.24, 2.45) is 11.8 Å². The fourth-order valence-corrected chi connectivity index (χ4v) is 6.09. The molecule has 1 aromatic carbocycles. The van der Waals surface area contributed by atoms with E-state index in [2.05, 4.69) is 51.2 Å². The predicted molar refractivity (Wildman–Crippen MR) is 116 cm³/mol. The van der Waals surface area contributed by atoms with Crippen LogP contribution in [0.15, 0.2) is 48.7 Å². The lowest BCUT2D eigenvalue weighted by molar-refractivity contribution is -0.152. The molecule has 0 saturated carbocycles. The van der Waals surface area contributed by atoms with Crippen LogP contribution in [0.5, 0.6) is 5.88 Å². The van der Waals surface area contributed by atoms with Crippen molar-refractivity contribution in [3.63, 3.8) is 0 Å². The third kappa shape index (κ3) is 3.71. The van der Waals surface area contributed by atoms with E-state index in [-0.39, 0.29) is 0 Å². The smallest absolute Gasteiger partial charge is 0.223 e. The van der Waals surface area contributed by atoms with Crippen molar-refractivity contribution < 1.29 is 9.53 Å². The van der Waals surface area contributed by atoms with Crippen LogP contribution >= 0.6 is 0 Å². The minimum Gasteiger partial charge on any atom is -0.481 e. The van der Waals surface area contributed by atoms with Gasteiger partial charge in [-0.3, -0.25) is 9.69 Å². The highest BCUT2D eigenvalue weighted by Gasteiger charge is 2.49. The summed E-state index contributed by atoms with van der Waals surface area (Å²) in [5.41, 5.74) is 2.49. The molecule has 0 radical (unpaired) electrons. The first-order chi connectivity index (χ1) is 14.7. The summed E-state index contributed by atoms with van der Waals surface area (Å²) in [5.74, 6) is 2.19. The van der Waals surface area contributed by atoms with Crippen LogP contribution in [-0.2, 0) is 17.8 Å². The number of nitrogens with zero attached hydrogens (tertiary/aromatic N) is 3. The quantitative estimate of drug-likeness (QED) is 0.763. The summed E-state index contributed by atoms with van der Waals surface area (Å²) in [5, 5.41) is 0. The van der Waals surface area contributed by atoms with Crippen LogP contribution in [0.1, 0.15) is 36.8 Å². The van der Waals surface area contributed by atoms with E-state index in [9.17, 15) is 4.79 Å². The van der Waals surface area contributed by atoms with E-state index in [1.54, 1.807) is 13.3 Å². The Kier molecular flexibility index (Phi) is 5.47. The topological polar surface area (TPSA) is 45.7 Å². The molecule has 3 fully saturated rings. The molecule has 0 spiro atoms. The van der Waals surface area contributed by atoms with Gasteiger partial charge in [-0.25, -0.2) is 4.98 Å². The van der Waals surface area contributed by atoms with Gasteiger partial charge in [0.15, 0.2) is 0 Å². The molecule has 0 unspecified atom stereocenters. The molecule has 1 aromatic heterocycles. The van der Waals surface area contributed by atoms with E-state index in [1.807, 2.05) is 6.07 Å². The van der Waals surface area contributed by atoms with Crippen LogP contribution < -0.4 is 4.74 Å². The Morgan fingerprint density at radius 1 is 1.10 bits per heavy atom. The number of likely N-dealkylation sites (tertiary alicyclic amines) is 1. The maximum atomic E-state index is 13.0. The Labute approximate surface area is 179 Å². The van der Waals surface area contributed by atoms with Crippen LogP contribution in [0.4, 0.5) is 0 Å². The first-order valence-electron chi connectivity index (χ1n) is 11.3. The summed E-state index contributed by atoms with van der Waals surface area (Å²) in [6, 6.07) is 15.5. The average molecular weight is 406 g/mol. The number of fused-ring (bicyclic) bond motifs is 4. The lowest BCUT2D eigenvalue weighted by Gasteiger charge is -2.57. The molecule has 3 saturated heterocycles. The molecule has 158 valence electrons. The number of pyridine rings is 1. The number of hydrogen-bond acceptors (Lipinski definition) is 4. The van der Waals surface area contributed by atoms with Crippen molar-refractivity contribution in [1.82, 2.24) is 14.8 Å². The van der Waals surface area contributed by atoms with Crippen LogP contribution in [0, 0.1) is 11.8 Å². The summed E-state index contributed by atoms with van der Waals surface area (Å²) < 4.78 is 5.49. The van der Waals surface area contributed by atoms with Gasteiger partial charge in [-0.05, 0) is 49.1 Å². The highest BCUT2D eigenvalue weighted by atomic mass is 16.5. The van der Waals surface area contributed by atoms with Crippen molar-refractivity contribution in [2.45, 2.75) is 50.7 Å². The van der Waals surface area contributed by atoms with Crippen molar-refractivity contribution >= 4 is 5.91 Å². The molecule has 3 aliphatic rings. The van der Waals surface area contributed by atoms with Crippen LogP contribution in [0.25, 0.3) is 0 Å². The summed E-state index contributed by atoms with van der Waals surface area (Å²) in [7, 11) is 1.69. The van der Waals surface area contributed by atoms with Crippen LogP contribution in [-0.4, -0.2) is 53.0 Å². The van der Waals surface area contributed by atoms with Crippen LogP contribution in [0.3, 0.4) is 0 Å². The second-order valence-corrected chi connectivity index (χ2v) is 9.14. The van der Waals surface area contributed by atoms with E-state index in [1.165, 1.54) is 12.0 Å². The van der Waals surface area contributed by atoms with Gasteiger partial charge in [-0.1, -0.05) is 36.4 Å². The largest absolute Gasteiger partial charge is 0.481 e. The van der Waals surface area contributed by atoms with Gasteiger partial charge in [0.25, 0.3) is 0 Å². The number of rotatable bonds is 5. The number of piperidine rings is 3. The molecule has 4 heterocycles. The Morgan fingerprint density at radius 3 is 2.77 bits per heavy atom. The number of amides is 1. The summed E-state index contributed by atoms with van der Waals surface area (Å²) in [6.45, 7) is 2.95. The SMILES string of the molecule is COc1ncccc1CN1C[C@H]2C[C@@H](C1)[C@H](Cc1ccccc1)N1C(=O)CCC[C@@H]21. The van der Waals surface area contributed by atoms with Crippen molar-refractivity contribution in [2.75, 3.05) is 20.2 Å². The Balaban J connectivity index is 1.41. The minimum absolute atomic E-state index is 0.306. The molecule has 4 atom stereocenters. The van der Waals surface area contributed by atoms with E-state index in [4.69, 9.17) is 4.74 Å². The van der Waals surface area contributed by atoms with Gasteiger partial charge in [-0.2, -0.15) is 0 Å². The first kappa shape index (κ1) is 19.6. The lowest BCUT2D eigenvalue weighted by atomic mass is 9.70. The molecule has 5 rings (SSSR count). The van der Waals surface area contributed by atoms with Crippen LogP contribution in [0.2, 0.25) is 0 Å². The van der Waals surface area contributed by atoms with E-state index in [0.717, 1.165) is 56.8 Å². The highest BCUT2D eigenvalue weighted by molar-refractivity contribution is 5.78. The van der Waals surface area contributed by atoms with Gasteiger partial charge in [-0.15, -0.1) is 0 Å². The molecule has 5 heteroatoms. The molecule has 2 aromatic rings. The van der Waals surface area contributed by atoms with E-state index in [0.29, 0.717) is 29.8 Å². The van der Waals surface area contributed by atoms with Gasteiger partial charge in [0.2, 0.25) is 11.8 Å². The minimum atomic E-state index is 0.306. The molecule has 30 heavy (non-hydrogen) atoms. The first-order valence-corrected chi connectivity index (χ1v) is 11.3. The number of ether oxygens (including phenoxy) is 1. The maximum absolute atomic E-state index is 13.0. The standard InChI is InChI=1S/C25H31N3O2/c1-30-25-19(9-6-12-26-25)15-27-16-20-14-21(17-27)23(13-18-7-3-2-4-8-18)28-22(20)10-5-11-24(28)29/h2-4,6-9,12,20-23H,5,10-11,13-17H2,1H3/t20-,21+,22+,23+/m1/s1.